The number of carbonyl (C=O) groups is 3. The minimum absolute atomic E-state index is 0.0535. The number of hydrogen-bond acceptors (Lipinski definition) is 5. The average Bonchev–Trinajstić information content (AvgIpc) is 2.51. The van der Waals surface area contributed by atoms with Crippen LogP contribution in [0.25, 0.3) is 0 Å². The molecule has 1 aromatic carbocycles. The first-order valence-electron chi connectivity index (χ1n) is 8.67. The molecule has 0 heterocycles. The molecule has 138 valence electrons. The van der Waals surface area contributed by atoms with Gasteiger partial charge in [0.05, 0.1) is 5.56 Å². The highest BCUT2D eigenvalue weighted by Gasteiger charge is 2.24. The molecule has 0 saturated carbocycles. The lowest BCUT2D eigenvalue weighted by Gasteiger charge is -2.20. The Bertz CT molecular complexity index is 652. The highest BCUT2D eigenvalue weighted by Crippen LogP contribution is 2.37. The van der Waals surface area contributed by atoms with Gasteiger partial charge in [0, 0.05) is 25.0 Å². The highest BCUT2D eigenvalue weighted by molar-refractivity contribution is 5.98. The summed E-state index contributed by atoms with van der Waals surface area (Å²) >= 11 is 0. The molecule has 0 fully saturated rings. The summed E-state index contributed by atoms with van der Waals surface area (Å²) in [5.41, 5.74) is 7.04. The topological polar surface area (TPSA) is 95.7 Å². The van der Waals surface area contributed by atoms with Gasteiger partial charge in [-0.2, -0.15) is 0 Å². The lowest BCUT2D eigenvalue weighted by atomic mass is 9.93. The molecule has 0 bridgehead atoms. The molecular weight excluding hydrogens is 322 g/mol. The van der Waals surface area contributed by atoms with E-state index >= 15 is 0 Å². The van der Waals surface area contributed by atoms with Crippen LogP contribution in [0.5, 0.6) is 11.5 Å². The monoisotopic (exact) mass is 349 g/mol. The predicted molar refractivity (Wildman–Crippen MR) is 94.8 cm³/mol. The number of amides is 1. The van der Waals surface area contributed by atoms with Crippen LogP contribution in [0.15, 0.2) is 6.07 Å². The Morgan fingerprint density at radius 1 is 0.920 bits per heavy atom. The molecule has 0 atom stereocenters. The van der Waals surface area contributed by atoms with Crippen molar-refractivity contribution in [2.75, 3.05) is 0 Å². The van der Waals surface area contributed by atoms with E-state index in [9.17, 15) is 14.4 Å². The maximum absolute atomic E-state index is 11.9. The average molecular weight is 349 g/mol. The second-order valence-electron chi connectivity index (χ2n) is 5.97. The fourth-order valence-electron chi connectivity index (χ4n) is 2.67. The first-order valence-corrected chi connectivity index (χ1v) is 8.67. The number of unbranched alkanes of at least 4 members (excludes halogenated alkanes) is 2. The van der Waals surface area contributed by atoms with Gasteiger partial charge in [0.25, 0.3) is 5.91 Å². The van der Waals surface area contributed by atoms with Crippen LogP contribution in [0, 0.1) is 0 Å². The summed E-state index contributed by atoms with van der Waals surface area (Å²) < 4.78 is 10.7. The zero-order valence-corrected chi connectivity index (χ0v) is 15.4. The van der Waals surface area contributed by atoms with E-state index in [2.05, 4.69) is 6.92 Å². The van der Waals surface area contributed by atoms with Gasteiger partial charge in [-0.15, -0.1) is 0 Å². The summed E-state index contributed by atoms with van der Waals surface area (Å²) in [6, 6.07) is 1.41. The molecule has 0 saturated heterocycles. The minimum Gasteiger partial charge on any atom is -0.426 e. The van der Waals surface area contributed by atoms with Crippen molar-refractivity contribution in [3.8, 4) is 11.5 Å². The largest absolute Gasteiger partial charge is 0.426 e. The van der Waals surface area contributed by atoms with Crippen molar-refractivity contribution in [2.45, 2.75) is 66.2 Å². The SMILES string of the molecule is CCCCc1c(OC(C)=O)cc(C(N)=O)c(OC(C)=O)c1CCCC. The van der Waals surface area contributed by atoms with Crippen LogP contribution in [-0.2, 0) is 22.4 Å². The van der Waals surface area contributed by atoms with Crippen LogP contribution in [0.2, 0.25) is 0 Å². The van der Waals surface area contributed by atoms with Crippen molar-refractivity contribution < 1.29 is 23.9 Å². The molecule has 1 aromatic rings. The smallest absolute Gasteiger partial charge is 0.308 e. The molecule has 0 spiro atoms. The maximum atomic E-state index is 11.9. The van der Waals surface area contributed by atoms with Gasteiger partial charge in [-0.25, -0.2) is 0 Å². The van der Waals surface area contributed by atoms with Crippen LogP contribution in [0.1, 0.15) is 74.9 Å². The molecule has 1 rings (SSSR count). The Kier molecular flexibility index (Phi) is 8.11. The van der Waals surface area contributed by atoms with Gasteiger partial charge in [-0.05, 0) is 31.7 Å². The molecule has 6 heteroatoms. The van der Waals surface area contributed by atoms with E-state index in [1.54, 1.807) is 0 Å². The number of carbonyl (C=O) groups excluding carboxylic acids is 3. The van der Waals surface area contributed by atoms with Crippen LogP contribution >= 0.6 is 0 Å². The fourth-order valence-corrected chi connectivity index (χ4v) is 2.67. The number of benzene rings is 1. The second kappa shape index (κ2) is 9.81. The van der Waals surface area contributed by atoms with Crippen LogP contribution < -0.4 is 15.2 Å². The normalized spacial score (nSPS) is 10.4. The quantitative estimate of drug-likeness (QED) is 0.545. The van der Waals surface area contributed by atoms with Crippen LogP contribution in [-0.4, -0.2) is 17.8 Å². The zero-order chi connectivity index (χ0) is 19.0. The van der Waals surface area contributed by atoms with Crippen molar-refractivity contribution in [3.05, 3.63) is 22.8 Å². The van der Waals surface area contributed by atoms with Gasteiger partial charge >= 0.3 is 11.9 Å². The second-order valence-corrected chi connectivity index (χ2v) is 5.97. The van der Waals surface area contributed by atoms with Crippen molar-refractivity contribution in [1.29, 1.82) is 0 Å². The summed E-state index contributed by atoms with van der Waals surface area (Å²) in [7, 11) is 0. The van der Waals surface area contributed by atoms with E-state index in [-0.39, 0.29) is 11.3 Å². The Labute approximate surface area is 148 Å². The third kappa shape index (κ3) is 5.89. The Morgan fingerprint density at radius 3 is 1.88 bits per heavy atom. The predicted octanol–water partition coefficient (Wildman–Crippen LogP) is 3.32. The third-order valence-corrected chi connectivity index (χ3v) is 3.78. The number of primary amides is 1. The highest BCUT2D eigenvalue weighted by atomic mass is 16.5. The molecule has 0 radical (unpaired) electrons. The van der Waals surface area contributed by atoms with Gasteiger partial charge in [-0.3, -0.25) is 14.4 Å². The lowest BCUT2D eigenvalue weighted by molar-refractivity contribution is -0.133. The summed E-state index contributed by atoms with van der Waals surface area (Å²) in [5.74, 6) is -1.23. The summed E-state index contributed by atoms with van der Waals surface area (Å²) in [6.07, 6.45) is 4.86. The number of rotatable bonds is 9. The van der Waals surface area contributed by atoms with Gasteiger partial charge in [0.2, 0.25) is 0 Å². The molecule has 0 aliphatic carbocycles. The van der Waals surface area contributed by atoms with E-state index < -0.39 is 17.8 Å². The van der Waals surface area contributed by atoms with Gasteiger partial charge in [0.1, 0.15) is 11.5 Å². The van der Waals surface area contributed by atoms with Crippen molar-refractivity contribution in [3.63, 3.8) is 0 Å². The molecule has 0 aliphatic heterocycles. The van der Waals surface area contributed by atoms with E-state index in [1.807, 2.05) is 6.92 Å². The van der Waals surface area contributed by atoms with Crippen LogP contribution in [0.3, 0.4) is 0 Å². The van der Waals surface area contributed by atoms with Crippen molar-refractivity contribution in [2.24, 2.45) is 5.73 Å². The number of esters is 2. The molecule has 0 unspecified atom stereocenters. The van der Waals surface area contributed by atoms with Crippen molar-refractivity contribution >= 4 is 17.8 Å². The van der Waals surface area contributed by atoms with E-state index in [1.165, 1.54) is 19.9 Å². The van der Waals surface area contributed by atoms with Crippen LogP contribution in [0.4, 0.5) is 0 Å². The molecule has 0 aliphatic rings. The summed E-state index contributed by atoms with van der Waals surface area (Å²) in [5, 5.41) is 0. The van der Waals surface area contributed by atoms with Gasteiger partial charge < -0.3 is 15.2 Å². The number of ether oxygens (including phenoxy) is 2. The molecule has 1 amide bonds. The number of hydrogen-bond donors (Lipinski definition) is 1. The first-order chi connectivity index (χ1) is 11.8. The third-order valence-electron chi connectivity index (χ3n) is 3.78. The van der Waals surface area contributed by atoms with E-state index in [0.29, 0.717) is 18.6 Å². The van der Waals surface area contributed by atoms with E-state index in [4.69, 9.17) is 15.2 Å². The molecular formula is C19H27NO5. The first kappa shape index (κ1) is 20.7. The van der Waals surface area contributed by atoms with Gasteiger partial charge in [-0.1, -0.05) is 26.7 Å². The Hall–Kier alpha value is -2.37. The lowest BCUT2D eigenvalue weighted by Crippen LogP contribution is -2.18. The van der Waals surface area contributed by atoms with E-state index in [0.717, 1.165) is 36.8 Å². The Balaban J connectivity index is 3.66. The molecule has 0 aromatic heterocycles. The number of nitrogens with two attached hydrogens (primary N) is 1. The molecule has 25 heavy (non-hydrogen) atoms. The minimum atomic E-state index is -0.732. The molecule has 6 nitrogen and oxygen atoms in total. The summed E-state index contributed by atoms with van der Waals surface area (Å²) in [6.45, 7) is 6.68. The van der Waals surface area contributed by atoms with Gasteiger partial charge in [0.15, 0.2) is 0 Å². The maximum Gasteiger partial charge on any atom is 0.308 e. The standard InChI is InChI=1S/C19H27NO5/c1-5-7-9-14-15(10-8-6-2)18(25-13(4)22)16(19(20)23)11-17(14)24-12(3)21/h11H,5-10H2,1-4H3,(H2,20,23). The van der Waals surface area contributed by atoms with Crippen molar-refractivity contribution in [1.82, 2.24) is 0 Å². The zero-order valence-electron chi connectivity index (χ0n) is 15.4. The fraction of sp³-hybridized carbons (Fsp3) is 0.526. The molecule has 2 N–H and O–H groups in total. The summed E-state index contributed by atoms with van der Waals surface area (Å²) in [4.78, 5) is 34.9. The Morgan fingerprint density at radius 2 is 1.44 bits per heavy atom.